The molecule has 0 spiro atoms. The van der Waals surface area contributed by atoms with Crippen molar-refractivity contribution in [1.29, 1.82) is 5.41 Å². The van der Waals surface area contributed by atoms with E-state index in [9.17, 15) is 0 Å². The van der Waals surface area contributed by atoms with Crippen LogP contribution in [0.25, 0.3) is 0 Å². The number of hydrogen-bond donors (Lipinski definition) is 2. The van der Waals surface area contributed by atoms with Crippen molar-refractivity contribution in [3.05, 3.63) is 63.7 Å². The van der Waals surface area contributed by atoms with E-state index in [0.717, 1.165) is 28.0 Å². The smallest absolute Gasteiger partial charge is 0.125 e. The summed E-state index contributed by atoms with van der Waals surface area (Å²) in [7, 11) is 0. The fourth-order valence-corrected chi connectivity index (χ4v) is 2.32. The van der Waals surface area contributed by atoms with Crippen LogP contribution in [0.2, 0.25) is 0 Å². The molecule has 0 saturated carbocycles. The predicted octanol–water partition coefficient (Wildman–Crippen LogP) is 3.78. The number of benzene rings is 2. The van der Waals surface area contributed by atoms with Gasteiger partial charge in [-0.15, -0.1) is 0 Å². The molecular weight excluding hydrogens is 260 g/mol. The zero-order valence-corrected chi connectivity index (χ0v) is 13.1. The molecule has 3 nitrogen and oxygen atoms in total. The van der Waals surface area contributed by atoms with Crippen molar-refractivity contribution in [2.45, 2.75) is 34.3 Å². The minimum Gasteiger partial charge on any atom is -0.488 e. The molecule has 3 N–H and O–H groups in total. The van der Waals surface area contributed by atoms with E-state index in [4.69, 9.17) is 15.9 Å². The van der Waals surface area contributed by atoms with Gasteiger partial charge in [0.05, 0.1) is 0 Å². The van der Waals surface area contributed by atoms with Crippen LogP contribution in [0.5, 0.6) is 5.75 Å². The number of hydrogen-bond acceptors (Lipinski definition) is 2. The van der Waals surface area contributed by atoms with Crippen molar-refractivity contribution in [3.63, 3.8) is 0 Å². The molecule has 0 bridgehead atoms. The fraction of sp³-hybridized carbons (Fsp3) is 0.278. The van der Waals surface area contributed by atoms with Crippen LogP contribution in [-0.4, -0.2) is 5.84 Å². The molecule has 0 aliphatic heterocycles. The van der Waals surface area contributed by atoms with Gasteiger partial charge in [0, 0.05) is 5.56 Å². The van der Waals surface area contributed by atoms with Gasteiger partial charge in [-0.2, -0.15) is 0 Å². The summed E-state index contributed by atoms with van der Waals surface area (Å²) in [6.07, 6.45) is 0. The first-order chi connectivity index (χ1) is 9.90. The summed E-state index contributed by atoms with van der Waals surface area (Å²) in [6.45, 7) is 8.78. The van der Waals surface area contributed by atoms with Gasteiger partial charge in [0.2, 0.25) is 0 Å². The van der Waals surface area contributed by atoms with Gasteiger partial charge in [0.1, 0.15) is 18.2 Å². The Balaban J connectivity index is 2.21. The number of ether oxygens (including phenoxy) is 1. The minimum atomic E-state index is 0.0935. The Bertz CT molecular complexity index is 690. The molecule has 0 fully saturated rings. The maximum absolute atomic E-state index is 7.47. The van der Waals surface area contributed by atoms with Crippen molar-refractivity contribution >= 4 is 5.84 Å². The molecule has 0 heterocycles. The molecule has 0 unspecified atom stereocenters. The number of nitrogen functional groups attached to an aromatic ring is 1. The number of nitrogens with one attached hydrogen (secondary N) is 1. The third-order valence-electron chi connectivity index (χ3n) is 3.90. The van der Waals surface area contributed by atoms with Crippen LogP contribution in [0, 0.1) is 33.1 Å². The molecule has 0 aliphatic rings. The summed E-state index contributed by atoms with van der Waals surface area (Å²) in [5.41, 5.74) is 12.0. The third kappa shape index (κ3) is 3.24. The summed E-state index contributed by atoms with van der Waals surface area (Å²) in [5, 5.41) is 7.47. The highest BCUT2D eigenvalue weighted by Gasteiger charge is 2.08. The average Bonchev–Trinajstić information content (AvgIpc) is 2.44. The van der Waals surface area contributed by atoms with Gasteiger partial charge in [-0.3, -0.25) is 5.41 Å². The first-order valence-corrected chi connectivity index (χ1v) is 7.03. The molecule has 110 valence electrons. The first-order valence-electron chi connectivity index (χ1n) is 7.03. The van der Waals surface area contributed by atoms with Crippen molar-refractivity contribution in [3.8, 4) is 5.75 Å². The van der Waals surface area contributed by atoms with E-state index in [1.165, 1.54) is 11.1 Å². The minimum absolute atomic E-state index is 0.0935. The summed E-state index contributed by atoms with van der Waals surface area (Å²) < 4.78 is 6.03. The summed E-state index contributed by atoms with van der Waals surface area (Å²) in [5.74, 6) is 1.06. The molecule has 21 heavy (non-hydrogen) atoms. The monoisotopic (exact) mass is 282 g/mol. The van der Waals surface area contributed by atoms with E-state index in [1.807, 2.05) is 25.1 Å². The number of amidine groups is 1. The van der Waals surface area contributed by atoms with Gasteiger partial charge < -0.3 is 10.5 Å². The summed E-state index contributed by atoms with van der Waals surface area (Å²) in [6, 6.07) is 9.97. The van der Waals surface area contributed by atoms with Crippen molar-refractivity contribution in [2.75, 3.05) is 0 Å². The highest BCUT2D eigenvalue weighted by atomic mass is 16.5. The zero-order valence-electron chi connectivity index (χ0n) is 13.1. The van der Waals surface area contributed by atoms with E-state index in [0.29, 0.717) is 6.61 Å². The lowest BCUT2D eigenvalue weighted by molar-refractivity contribution is 0.301. The molecule has 0 aromatic heterocycles. The topological polar surface area (TPSA) is 59.1 Å². The largest absolute Gasteiger partial charge is 0.488 e. The van der Waals surface area contributed by atoms with E-state index in [-0.39, 0.29) is 5.84 Å². The van der Waals surface area contributed by atoms with Gasteiger partial charge in [-0.05, 0) is 61.6 Å². The van der Waals surface area contributed by atoms with Gasteiger partial charge in [0.15, 0.2) is 0 Å². The molecule has 2 rings (SSSR count). The van der Waals surface area contributed by atoms with Crippen LogP contribution in [0.4, 0.5) is 0 Å². The Morgan fingerprint density at radius 1 is 1.00 bits per heavy atom. The molecule has 0 radical (unpaired) electrons. The van der Waals surface area contributed by atoms with Gasteiger partial charge in [0.25, 0.3) is 0 Å². The Hall–Kier alpha value is -2.29. The quantitative estimate of drug-likeness (QED) is 0.662. The van der Waals surface area contributed by atoms with Crippen LogP contribution < -0.4 is 10.5 Å². The van der Waals surface area contributed by atoms with Crippen LogP contribution in [-0.2, 0) is 6.61 Å². The normalized spacial score (nSPS) is 10.5. The van der Waals surface area contributed by atoms with Crippen molar-refractivity contribution in [1.82, 2.24) is 0 Å². The SMILES string of the molecule is Cc1cc(C(=N)N)ccc1COc1c(C)ccc(C)c1C. The molecule has 2 aromatic carbocycles. The fourth-order valence-electron chi connectivity index (χ4n) is 2.32. The molecule has 3 heteroatoms. The van der Waals surface area contributed by atoms with Crippen LogP contribution >= 0.6 is 0 Å². The van der Waals surface area contributed by atoms with E-state index >= 15 is 0 Å². The van der Waals surface area contributed by atoms with Gasteiger partial charge in [-0.25, -0.2) is 0 Å². The summed E-state index contributed by atoms with van der Waals surface area (Å²) in [4.78, 5) is 0. The zero-order chi connectivity index (χ0) is 15.6. The molecule has 0 aliphatic carbocycles. The Labute approximate surface area is 126 Å². The second-order valence-electron chi connectivity index (χ2n) is 5.50. The second-order valence-corrected chi connectivity index (χ2v) is 5.50. The maximum Gasteiger partial charge on any atom is 0.125 e. The van der Waals surface area contributed by atoms with E-state index < -0.39 is 0 Å². The van der Waals surface area contributed by atoms with Crippen molar-refractivity contribution < 1.29 is 4.74 Å². The first kappa shape index (κ1) is 15.1. The second kappa shape index (κ2) is 6.00. The molecular formula is C18H22N2O. The maximum atomic E-state index is 7.47. The van der Waals surface area contributed by atoms with Gasteiger partial charge >= 0.3 is 0 Å². The molecule has 0 saturated heterocycles. The number of aryl methyl sites for hydroxylation is 3. The molecule has 0 atom stereocenters. The predicted molar refractivity (Wildman–Crippen MR) is 87.2 cm³/mol. The molecule has 2 aromatic rings. The number of nitrogens with two attached hydrogens (primary N) is 1. The highest BCUT2D eigenvalue weighted by molar-refractivity contribution is 5.95. The van der Waals surface area contributed by atoms with Crippen molar-refractivity contribution in [2.24, 2.45) is 5.73 Å². The summed E-state index contributed by atoms with van der Waals surface area (Å²) >= 11 is 0. The lowest BCUT2D eigenvalue weighted by Gasteiger charge is -2.15. The Kier molecular flexibility index (Phi) is 4.32. The van der Waals surface area contributed by atoms with Crippen LogP contribution in [0.15, 0.2) is 30.3 Å². The standard InChI is InChI=1S/C18H22N2O/c1-11-5-6-12(2)17(14(11)4)21-10-16-8-7-15(18(19)20)9-13(16)3/h5-9H,10H2,1-4H3,(H3,19,20). The lowest BCUT2D eigenvalue weighted by Crippen LogP contribution is -2.11. The average molecular weight is 282 g/mol. The lowest BCUT2D eigenvalue weighted by atomic mass is 10.0. The highest BCUT2D eigenvalue weighted by Crippen LogP contribution is 2.27. The van der Waals surface area contributed by atoms with Crippen LogP contribution in [0.1, 0.15) is 33.4 Å². The number of rotatable bonds is 4. The van der Waals surface area contributed by atoms with Gasteiger partial charge in [-0.1, -0.05) is 24.3 Å². The molecule has 0 amide bonds. The van der Waals surface area contributed by atoms with Crippen LogP contribution in [0.3, 0.4) is 0 Å². The Morgan fingerprint density at radius 3 is 2.29 bits per heavy atom. The van der Waals surface area contributed by atoms with E-state index in [2.05, 4.69) is 32.9 Å². The van der Waals surface area contributed by atoms with E-state index in [1.54, 1.807) is 0 Å². The third-order valence-corrected chi connectivity index (χ3v) is 3.90. The Morgan fingerprint density at radius 2 is 1.67 bits per heavy atom.